The van der Waals surface area contributed by atoms with E-state index in [-0.39, 0.29) is 5.91 Å². The Kier molecular flexibility index (Phi) is 4.61. The molecule has 3 aromatic rings. The van der Waals surface area contributed by atoms with Crippen molar-refractivity contribution in [3.8, 4) is 0 Å². The third kappa shape index (κ3) is 3.80. The maximum atomic E-state index is 12.4. The fourth-order valence-corrected chi connectivity index (χ4v) is 2.38. The van der Waals surface area contributed by atoms with Crippen molar-refractivity contribution in [1.29, 1.82) is 0 Å². The lowest BCUT2D eigenvalue weighted by Gasteiger charge is -2.08. The summed E-state index contributed by atoms with van der Waals surface area (Å²) in [5, 5.41) is 9.76. The van der Waals surface area contributed by atoms with E-state index in [4.69, 9.17) is 4.52 Å². The molecule has 0 radical (unpaired) electrons. The Bertz CT molecular complexity index is 892. The maximum absolute atomic E-state index is 12.4. The van der Waals surface area contributed by atoms with Gasteiger partial charge in [0.05, 0.1) is 17.4 Å². The lowest BCUT2D eigenvalue weighted by molar-refractivity contribution is 0.102. The Morgan fingerprint density at radius 1 is 1.12 bits per heavy atom. The molecule has 0 bridgehead atoms. The number of nitrogens with zero attached hydrogens (tertiary/aromatic N) is 2. The van der Waals surface area contributed by atoms with Crippen molar-refractivity contribution in [1.82, 2.24) is 10.1 Å². The number of aromatic nitrogens is 2. The minimum Gasteiger partial charge on any atom is -0.360 e. The topological polar surface area (TPSA) is 80.0 Å². The third-order valence-corrected chi connectivity index (χ3v) is 4.21. The predicted octanol–water partition coefficient (Wildman–Crippen LogP) is 4.44. The number of hydrogen-bond acceptors (Lipinski definition) is 5. The summed E-state index contributed by atoms with van der Waals surface area (Å²) in [6.07, 6.45) is 3.13. The van der Waals surface area contributed by atoms with Gasteiger partial charge < -0.3 is 15.2 Å². The van der Waals surface area contributed by atoms with Crippen LogP contribution in [0.2, 0.25) is 0 Å². The number of aryl methyl sites for hydroxylation is 2. The number of carbonyl (C=O) groups is 1. The van der Waals surface area contributed by atoms with Crippen LogP contribution in [0, 0.1) is 13.8 Å². The number of carbonyl (C=O) groups excluding carboxylic acids is 1. The van der Waals surface area contributed by atoms with Crippen LogP contribution in [0.1, 0.15) is 21.7 Å². The lowest BCUT2D eigenvalue weighted by atomic mass is 10.2. The molecule has 122 valence electrons. The van der Waals surface area contributed by atoms with Crippen LogP contribution in [0.15, 0.2) is 51.7 Å². The van der Waals surface area contributed by atoms with Gasteiger partial charge in [0.25, 0.3) is 5.91 Å². The average Bonchev–Trinajstić information content (AvgIpc) is 2.96. The molecule has 2 heterocycles. The van der Waals surface area contributed by atoms with E-state index in [1.807, 2.05) is 25.1 Å². The summed E-state index contributed by atoms with van der Waals surface area (Å²) in [4.78, 5) is 16.5. The van der Waals surface area contributed by atoms with Gasteiger partial charge in [-0.25, -0.2) is 0 Å². The average molecular weight is 387 g/mol. The quantitative estimate of drug-likeness (QED) is 0.692. The van der Waals surface area contributed by atoms with Gasteiger partial charge in [0.2, 0.25) is 0 Å². The highest BCUT2D eigenvalue weighted by Crippen LogP contribution is 2.21. The van der Waals surface area contributed by atoms with Crippen LogP contribution in [0.25, 0.3) is 0 Å². The smallest absolute Gasteiger partial charge is 0.257 e. The highest BCUT2D eigenvalue weighted by atomic mass is 79.9. The summed E-state index contributed by atoms with van der Waals surface area (Å²) in [7, 11) is 0. The Labute approximate surface area is 147 Å². The molecule has 0 aliphatic heterocycles. The molecule has 0 saturated carbocycles. The minimum atomic E-state index is -0.232. The number of rotatable bonds is 4. The minimum absolute atomic E-state index is 0.232. The first-order valence-corrected chi connectivity index (χ1v) is 8.03. The van der Waals surface area contributed by atoms with Gasteiger partial charge in [0.15, 0.2) is 5.82 Å². The number of nitrogens with one attached hydrogen (secondary N) is 2. The van der Waals surface area contributed by atoms with Gasteiger partial charge in [-0.15, -0.1) is 0 Å². The summed E-state index contributed by atoms with van der Waals surface area (Å²) in [5.74, 6) is 1.03. The lowest BCUT2D eigenvalue weighted by Crippen LogP contribution is -2.12. The molecule has 7 heteroatoms. The van der Waals surface area contributed by atoms with Crippen LogP contribution in [0.5, 0.6) is 0 Å². The second kappa shape index (κ2) is 6.84. The van der Waals surface area contributed by atoms with Crippen LogP contribution in [-0.4, -0.2) is 16.0 Å². The van der Waals surface area contributed by atoms with Gasteiger partial charge in [-0.3, -0.25) is 9.78 Å². The molecule has 2 N–H and O–H groups in total. The Balaban J connectivity index is 1.75. The molecule has 0 saturated heterocycles. The highest BCUT2D eigenvalue weighted by Gasteiger charge is 2.09. The molecular weight excluding hydrogens is 372 g/mol. The van der Waals surface area contributed by atoms with Crippen molar-refractivity contribution in [2.45, 2.75) is 13.8 Å². The number of amides is 1. The first-order valence-electron chi connectivity index (χ1n) is 7.24. The van der Waals surface area contributed by atoms with Gasteiger partial charge in [-0.05, 0) is 43.7 Å². The molecule has 0 spiro atoms. The van der Waals surface area contributed by atoms with E-state index in [1.165, 1.54) is 6.20 Å². The van der Waals surface area contributed by atoms with Gasteiger partial charge >= 0.3 is 0 Å². The van der Waals surface area contributed by atoms with E-state index in [0.29, 0.717) is 22.8 Å². The van der Waals surface area contributed by atoms with E-state index < -0.39 is 0 Å². The standard InChI is InChI=1S/C17H15BrN4O2/c1-10-5-13(3-4-15(10)18)21-17(23)12-7-14(9-19-8-12)20-16-6-11(2)24-22-16/h3-9H,1-2H3,(H,20,22)(H,21,23). The molecule has 1 amide bonds. The summed E-state index contributed by atoms with van der Waals surface area (Å²) in [5.41, 5.74) is 2.87. The summed E-state index contributed by atoms with van der Waals surface area (Å²) >= 11 is 3.44. The zero-order valence-corrected chi connectivity index (χ0v) is 14.7. The molecule has 0 aliphatic carbocycles. The van der Waals surface area contributed by atoms with Crippen molar-refractivity contribution in [3.63, 3.8) is 0 Å². The Morgan fingerprint density at radius 2 is 1.96 bits per heavy atom. The van der Waals surface area contributed by atoms with Crippen LogP contribution in [-0.2, 0) is 0 Å². The summed E-state index contributed by atoms with van der Waals surface area (Å²) < 4.78 is 5.99. The molecule has 0 aliphatic rings. The van der Waals surface area contributed by atoms with Crippen LogP contribution in [0.3, 0.4) is 0 Å². The largest absolute Gasteiger partial charge is 0.360 e. The number of anilines is 3. The Morgan fingerprint density at radius 3 is 2.67 bits per heavy atom. The fraction of sp³-hybridized carbons (Fsp3) is 0.118. The zero-order valence-electron chi connectivity index (χ0n) is 13.1. The molecule has 0 fully saturated rings. The summed E-state index contributed by atoms with van der Waals surface area (Å²) in [6, 6.07) is 9.10. The van der Waals surface area contributed by atoms with Crippen molar-refractivity contribution in [2.75, 3.05) is 10.6 Å². The second-order valence-corrected chi connectivity index (χ2v) is 6.18. The van der Waals surface area contributed by atoms with Crippen molar-refractivity contribution in [2.24, 2.45) is 0 Å². The van der Waals surface area contributed by atoms with Crippen LogP contribution < -0.4 is 10.6 Å². The van der Waals surface area contributed by atoms with Gasteiger partial charge in [-0.2, -0.15) is 0 Å². The predicted molar refractivity (Wildman–Crippen MR) is 95.6 cm³/mol. The van der Waals surface area contributed by atoms with E-state index >= 15 is 0 Å². The molecule has 6 nitrogen and oxygen atoms in total. The van der Waals surface area contributed by atoms with Crippen molar-refractivity contribution in [3.05, 3.63) is 64.1 Å². The Hall–Kier alpha value is -2.67. The number of pyridine rings is 1. The zero-order chi connectivity index (χ0) is 17.1. The molecule has 24 heavy (non-hydrogen) atoms. The van der Waals surface area contributed by atoms with E-state index in [2.05, 4.69) is 36.7 Å². The summed E-state index contributed by atoms with van der Waals surface area (Å²) in [6.45, 7) is 3.77. The first-order chi connectivity index (χ1) is 11.5. The van der Waals surface area contributed by atoms with E-state index in [9.17, 15) is 4.79 Å². The maximum Gasteiger partial charge on any atom is 0.257 e. The van der Waals surface area contributed by atoms with E-state index in [1.54, 1.807) is 25.3 Å². The number of hydrogen-bond donors (Lipinski definition) is 2. The normalized spacial score (nSPS) is 10.5. The molecule has 3 rings (SSSR count). The van der Waals surface area contributed by atoms with E-state index in [0.717, 1.165) is 15.7 Å². The fourth-order valence-electron chi connectivity index (χ4n) is 2.13. The number of halogens is 1. The third-order valence-electron chi connectivity index (χ3n) is 3.32. The monoisotopic (exact) mass is 386 g/mol. The number of benzene rings is 1. The van der Waals surface area contributed by atoms with Crippen LogP contribution in [0.4, 0.5) is 17.2 Å². The highest BCUT2D eigenvalue weighted by molar-refractivity contribution is 9.10. The second-order valence-electron chi connectivity index (χ2n) is 5.33. The molecule has 0 unspecified atom stereocenters. The van der Waals surface area contributed by atoms with Gasteiger partial charge in [0.1, 0.15) is 5.76 Å². The first kappa shape index (κ1) is 16.2. The molecule has 0 atom stereocenters. The van der Waals surface area contributed by atoms with Gasteiger partial charge in [0, 0.05) is 22.4 Å². The molecular formula is C17H15BrN4O2. The van der Waals surface area contributed by atoms with Crippen LogP contribution >= 0.6 is 15.9 Å². The van der Waals surface area contributed by atoms with Crippen molar-refractivity contribution < 1.29 is 9.32 Å². The van der Waals surface area contributed by atoms with Gasteiger partial charge in [-0.1, -0.05) is 21.1 Å². The SMILES string of the molecule is Cc1cc(Nc2cncc(C(=O)Nc3ccc(Br)c(C)c3)c2)no1. The molecule has 2 aromatic heterocycles. The van der Waals surface area contributed by atoms with Crippen molar-refractivity contribution >= 4 is 39.0 Å². The molecule has 1 aromatic carbocycles.